The predicted octanol–water partition coefficient (Wildman–Crippen LogP) is 1.53. The fourth-order valence-electron chi connectivity index (χ4n) is 1.97. The predicted molar refractivity (Wildman–Crippen MR) is 62.6 cm³/mol. The summed E-state index contributed by atoms with van der Waals surface area (Å²) in [5, 5.41) is 3.18. The van der Waals surface area contributed by atoms with Crippen molar-refractivity contribution in [3.63, 3.8) is 0 Å². The first kappa shape index (κ1) is 13.8. The van der Waals surface area contributed by atoms with Crippen LogP contribution in [0.4, 0.5) is 13.2 Å². The summed E-state index contributed by atoms with van der Waals surface area (Å²) < 4.78 is 37.1. The Kier molecular flexibility index (Phi) is 3.75. The number of amides is 1. The monoisotopic (exact) mass is 273 g/mol. The average molecular weight is 273 g/mol. The number of piperazine rings is 1. The summed E-state index contributed by atoms with van der Waals surface area (Å²) >= 11 is 0. The van der Waals surface area contributed by atoms with Crippen LogP contribution in [-0.2, 0) is 6.18 Å². The number of hydrogen-bond acceptors (Lipinski definition) is 3. The number of alkyl halides is 3. The second kappa shape index (κ2) is 5.16. The van der Waals surface area contributed by atoms with Gasteiger partial charge in [0.1, 0.15) is 5.69 Å². The van der Waals surface area contributed by atoms with Gasteiger partial charge in [0.05, 0.1) is 5.56 Å². The molecule has 1 aromatic rings. The van der Waals surface area contributed by atoms with Gasteiger partial charge in [0.2, 0.25) is 0 Å². The molecule has 1 N–H and O–H groups in total. The molecule has 1 atom stereocenters. The number of hydrogen-bond donors (Lipinski definition) is 1. The van der Waals surface area contributed by atoms with E-state index in [1.54, 1.807) is 4.90 Å². The van der Waals surface area contributed by atoms with E-state index in [2.05, 4.69) is 10.3 Å². The van der Waals surface area contributed by atoms with E-state index in [1.165, 1.54) is 0 Å². The third kappa shape index (κ3) is 3.23. The fourth-order valence-corrected chi connectivity index (χ4v) is 1.97. The van der Waals surface area contributed by atoms with Gasteiger partial charge in [-0.25, -0.2) is 0 Å². The Labute approximate surface area is 108 Å². The van der Waals surface area contributed by atoms with Crippen LogP contribution in [0.25, 0.3) is 0 Å². The molecule has 0 aliphatic carbocycles. The van der Waals surface area contributed by atoms with Gasteiger partial charge in [-0.2, -0.15) is 13.2 Å². The minimum absolute atomic E-state index is 0.0436. The van der Waals surface area contributed by atoms with E-state index in [0.717, 1.165) is 12.1 Å². The maximum atomic E-state index is 12.4. The molecule has 1 aromatic heterocycles. The van der Waals surface area contributed by atoms with E-state index >= 15 is 0 Å². The van der Waals surface area contributed by atoms with Crippen LogP contribution in [0.1, 0.15) is 23.0 Å². The molecular formula is C12H14F3N3O. The van der Waals surface area contributed by atoms with Crippen molar-refractivity contribution in [1.29, 1.82) is 0 Å². The Morgan fingerprint density at radius 2 is 2.21 bits per heavy atom. The van der Waals surface area contributed by atoms with E-state index in [9.17, 15) is 18.0 Å². The summed E-state index contributed by atoms with van der Waals surface area (Å²) in [5.41, 5.74) is -0.806. The zero-order valence-electron chi connectivity index (χ0n) is 10.4. The summed E-state index contributed by atoms with van der Waals surface area (Å²) in [7, 11) is 0. The van der Waals surface area contributed by atoms with Crippen LogP contribution in [-0.4, -0.2) is 41.5 Å². The SMILES string of the molecule is CC1CN(C(=O)c2ccc(C(F)(F)F)cn2)CCN1. The molecule has 4 nitrogen and oxygen atoms in total. The van der Waals surface area contributed by atoms with E-state index in [4.69, 9.17) is 0 Å². The van der Waals surface area contributed by atoms with Crippen LogP contribution >= 0.6 is 0 Å². The summed E-state index contributed by atoms with van der Waals surface area (Å²) in [5.74, 6) is -0.331. The number of halogens is 3. The van der Waals surface area contributed by atoms with Gasteiger partial charge in [-0.05, 0) is 19.1 Å². The van der Waals surface area contributed by atoms with E-state index in [0.29, 0.717) is 25.8 Å². The lowest BCUT2D eigenvalue weighted by molar-refractivity contribution is -0.137. The van der Waals surface area contributed by atoms with Crippen LogP contribution in [0.3, 0.4) is 0 Å². The Morgan fingerprint density at radius 1 is 1.47 bits per heavy atom. The van der Waals surface area contributed by atoms with Crippen molar-refractivity contribution < 1.29 is 18.0 Å². The van der Waals surface area contributed by atoms with Crippen LogP contribution < -0.4 is 5.32 Å². The van der Waals surface area contributed by atoms with Gasteiger partial charge in [0, 0.05) is 31.9 Å². The molecule has 0 bridgehead atoms. The third-order valence-electron chi connectivity index (χ3n) is 2.97. The Morgan fingerprint density at radius 3 is 2.74 bits per heavy atom. The van der Waals surface area contributed by atoms with Crippen molar-refractivity contribution in [2.24, 2.45) is 0 Å². The number of nitrogens with one attached hydrogen (secondary N) is 1. The standard InChI is InChI=1S/C12H14F3N3O/c1-8-7-18(5-4-16-8)11(19)10-3-2-9(6-17-10)12(13,14)15/h2-3,6,8,16H,4-5,7H2,1H3. The Balaban J connectivity index is 2.11. The lowest BCUT2D eigenvalue weighted by atomic mass is 10.2. The molecule has 0 radical (unpaired) electrons. The topological polar surface area (TPSA) is 45.2 Å². The summed E-state index contributed by atoms with van der Waals surface area (Å²) in [6, 6.07) is 2.18. The van der Waals surface area contributed by atoms with Crippen molar-refractivity contribution in [3.05, 3.63) is 29.6 Å². The Hall–Kier alpha value is -1.63. The number of nitrogens with zero attached hydrogens (tertiary/aromatic N) is 2. The first-order valence-corrected chi connectivity index (χ1v) is 5.94. The molecule has 104 valence electrons. The average Bonchev–Trinajstić information content (AvgIpc) is 2.37. The molecule has 0 aromatic carbocycles. The minimum atomic E-state index is -4.43. The summed E-state index contributed by atoms with van der Waals surface area (Å²) in [4.78, 5) is 17.3. The van der Waals surface area contributed by atoms with Crippen LogP contribution in [0.5, 0.6) is 0 Å². The first-order chi connectivity index (χ1) is 8.88. The zero-order valence-corrected chi connectivity index (χ0v) is 10.4. The fraction of sp³-hybridized carbons (Fsp3) is 0.500. The number of pyridine rings is 1. The van der Waals surface area contributed by atoms with Crippen molar-refractivity contribution in [1.82, 2.24) is 15.2 Å². The van der Waals surface area contributed by atoms with Gasteiger partial charge in [0.25, 0.3) is 5.91 Å². The molecule has 1 amide bonds. The molecule has 2 rings (SSSR count). The van der Waals surface area contributed by atoms with Gasteiger partial charge in [0.15, 0.2) is 0 Å². The molecule has 1 fully saturated rings. The van der Waals surface area contributed by atoms with Gasteiger partial charge >= 0.3 is 6.18 Å². The minimum Gasteiger partial charge on any atom is -0.334 e. The van der Waals surface area contributed by atoms with Crippen LogP contribution in [0, 0.1) is 0 Å². The number of carbonyl (C=O) groups is 1. The van der Waals surface area contributed by atoms with Crippen molar-refractivity contribution in [2.45, 2.75) is 19.1 Å². The lowest BCUT2D eigenvalue weighted by Gasteiger charge is -2.31. The number of rotatable bonds is 1. The lowest BCUT2D eigenvalue weighted by Crippen LogP contribution is -2.51. The van der Waals surface area contributed by atoms with Gasteiger partial charge in [-0.15, -0.1) is 0 Å². The zero-order chi connectivity index (χ0) is 14.0. The second-order valence-corrected chi connectivity index (χ2v) is 4.54. The van der Waals surface area contributed by atoms with Crippen molar-refractivity contribution >= 4 is 5.91 Å². The molecule has 1 aliphatic rings. The van der Waals surface area contributed by atoms with Crippen molar-refractivity contribution in [2.75, 3.05) is 19.6 Å². The van der Waals surface area contributed by atoms with Gasteiger partial charge in [-0.3, -0.25) is 9.78 Å². The highest BCUT2D eigenvalue weighted by Gasteiger charge is 2.31. The van der Waals surface area contributed by atoms with Crippen LogP contribution in [0.2, 0.25) is 0 Å². The molecule has 0 spiro atoms. The quantitative estimate of drug-likeness (QED) is 0.844. The molecule has 1 aliphatic heterocycles. The molecule has 19 heavy (non-hydrogen) atoms. The third-order valence-corrected chi connectivity index (χ3v) is 2.97. The molecule has 0 saturated carbocycles. The normalized spacial score (nSPS) is 20.4. The Bertz CT molecular complexity index is 458. The highest BCUT2D eigenvalue weighted by Crippen LogP contribution is 2.28. The van der Waals surface area contributed by atoms with E-state index < -0.39 is 11.7 Å². The van der Waals surface area contributed by atoms with E-state index in [1.807, 2.05) is 6.92 Å². The highest BCUT2D eigenvalue weighted by molar-refractivity contribution is 5.92. The maximum Gasteiger partial charge on any atom is 0.417 e. The largest absolute Gasteiger partial charge is 0.417 e. The highest BCUT2D eigenvalue weighted by atomic mass is 19.4. The summed E-state index contributed by atoms with van der Waals surface area (Å²) in [6.07, 6.45) is -3.74. The smallest absolute Gasteiger partial charge is 0.334 e. The first-order valence-electron chi connectivity index (χ1n) is 5.94. The molecular weight excluding hydrogens is 259 g/mol. The van der Waals surface area contributed by atoms with Gasteiger partial charge < -0.3 is 10.2 Å². The second-order valence-electron chi connectivity index (χ2n) is 4.54. The van der Waals surface area contributed by atoms with Gasteiger partial charge in [-0.1, -0.05) is 0 Å². The number of carbonyl (C=O) groups excluding carboxylic acids is 1. The molecule has 1 saturated heterocycles. The van der Waals surface area contributed by atoms with E-state index in [-0.39, 0.29) is 17.6 Å². The van der Waals surface area contributed by atoms with Crippen molar-refractivity contribution in [3.8, 4) is 0 Å². The number of aromatic nitrogens is 1. The summed E-state index contributed by atoms with van der Waals surface area (Å²) in [6.45, 7) is 3.68. The molecule has 2 heterocycles. The maximum absolute atomic E-state index is 12.4. The molecule has 1 unspecified atom stereocenters. The van der Waals surface area contributed by atoms with Crippen LogP contribution in [0.15, 0.2) is 18.3 Å². The molecule has 7 heteroatoms.